The van der Waals surface area contributed by atoms with E-state index in [-0.39, 0.29) is 17.0 Å². The average molecular weight is 418 g/mol. The molecule has 9 heteroatoms. The van der Waals surface area contributed by atoms with Crippen molar-refractivity contribution in [2.75, 3.05) is 0 Å². The van der Waals surface area contributed by atoms with Crippen molar-refractivity contribution in [3.63, 3.8) is 0 Å². The number of nitrogens with zero attached hydrogens (tertiary/aromatic N) is 3. The summed E-state index contributed by atoms with van der Waals surface area (Å²) in [4.78, 5) is 25.2. The molecule has 0 aromatic rings. The molecule has 0 saturated heterocycles. The van der Waals surface area contributed by atoms with Crippen molar-refractivity contribution in [1.29, 1.82) is 0 Å². The Hall–Kier alpha value is -1.25. The van der Waals surface area contributed by atoms with E-state index in [1.807, 2.05) is 6.92 Å². The van der Waals surface area contributed by atoms with Crippen LogP contribution in [0.2, 0.25) is 0 Å². The van der Waals surface area contributed by atoms with Gasteiger partial charge in [0, 0.05) is 10.8 Å². The zero-order chi connectivity index (χ0) is 21.9. The lowest BCUT2D eigenvalue weighted by atomic mass is 9.81. The van der Waals surface area contributed by atoms with Crippen LogP contribution in [0, 0.1) is 11.8 Å². The Morgan fingerprint density at radius 1 is 1.32 bits per heavy atom. The van der Waals surface area contributed by atoms with E-state index < -0.39 is 23.7 Å². The van der Waals surface area contributed by atoms with Crippen molar-refractivity contribution >= 4 is 18.4 Å². The minimum atomic E-state index is -1.09. The summed E-state index contributed by atoms with van der Waals surface area (Å²) in [5.74, 6) is -0.341. The molecule has 0 fully saturated rings. The molecular weight excluding hydrogens is 382 g/mol. The maximum Gasteiger partial charge on any atom is 0.161 e. The van der Waals surface area contributed by atoms with E-state index >= 15 is 0 Å². The van der Waals surface area contributed by atoms with E-state index in [1.54, 1.807) is 27.7 Å². The molecule has 28 heavy (non-hydrogen) atoms. The molecule has 0 aliphatic rings. The number of aliphatic hydroxyl groups is 2. The number of ketones is 1. The first-order valence-electron chi connectivity index (χ1n) is 9.61. The molecule has 0 aliphatic carbocycles. The number of allylic oxidation sites excluding steroid dienone is 1. The van der Waals surface area contributed by atoms with Gasteiger partial charge in [0.05, 0.1) is 12.2 Å². The van der Waals surface area contributed by atoms with Crippen molar-refractivity contribution in [2.24, 2.45) is 17.1 Å². The summed E-state index contributed by atoms with van der Waals surface area (Å²) in [5, 5.41) is 22.8. The van der Waals surface area contributed by atoms with Crippen LogP contribution < -0.4 is 0 Å². The van der Waals surface area contributed by atoms with E-state index in [1.165, 1.54) is 6.08 Å². The summed E-state index contributed by atoms with van der Waals surface area (Å²) >= 11 is 4.41. The number of aliphatic hydroxyl groups excluding tert-OH is 2. The molecule has 0 heterocycles. The third kappa shape index (κ3) is 10.3. The Balaban J connectivity index is 5.23. The smallest absolute Gasteiger partial charge is 0.161 e. The highest BCUT2D eigenvalue weighted by atomic mass is 32.1. The van der Waals surface area contributed by atoms with Crippen molar-refractivity contribution in [3.8, 4) is 0 Å². The van der Waals surface area contributed by atoms with Crippen LogP contribution >= 0.6 is 12.6 Å². The van der Waals surface area contributed by atoms with E-state index in [4.69, 9.17) is 10.4 Å². The highest BCUT2D eigenvalue weighted by molar-refractivity contribution is 7.80. The van der Waals surface area contributed by atoms with Gasteiger partial charge in [-0.3, -0.25) is 9.78 Å². The third-order valence-electron chi connectivity index (χ3n) is 4.64. The molecule has 2 N–H and O–H groups in total. The predicted molar refractivity (Wildman–Crippen MR) is 111 cm³/mol. The van der Waals surface area contributed by atoms with Crippen LogP contribution in [-0.2, 0) is 14.7 Å². The number of carbonyl (C=O) groups is 1. The van der Waals surface area contributed by atoms with Gasteiger partial charge in [-0.25, -0.2) is 0 Å². The second kappa shape index (κ2) is 13.1. The molecule has 0 aliphatic heterocycles. The fourth-order valence-electron chi connectivity index (χ4n) is 3.50. The van der Waals surface area contributed by atoms with E-state index in [2.05, 4.69) is 34.7 Å². The molecule has 162 valence electrons. The van der Waals surface area contributed by atoms with Gasteiger partial charge < -0.3 is 10.2 Å². The number of azide groups is 1. The SMILES string of the molecule is CC[C@@H](O)C(O)/C=C(\C)C(=O)[C@H](C)C[C@](C)(C[C@@H](C)CC(C)S)OON=[N+]=[N-]. The molecule has 0 rings (SSSR count). The molecule has 2 unspecified atom stereocenters. The number of hydrogen-bond donors (Lipinski definition) is 3. The number of carbonyl (C=O) groups excluding carboxylic acids is 1. The van der Waals surface area contributed by atoms with Gasteiger partial charge in [0.15, 0.2) is 5.78 Å². The van der Waals surface area contributed by atoms with Crippen LogP contribution in [0.15, 0.2) is 16.9 Å². The van der Waals surface area contributed by atoms with Gasteiger partial charge in [-0.15, -0.1) is 0 Å². The minimum Gasteiger partial charge on any atom is -0.390 e. The third-order valence-corrected chi connectivity index (χ3v) is 4.85. The van der Waals surface area contributed by atoms with E-state index in [0.717, 1.165) is 6.42 Å². The van der Waals surface area contributed by atoms with Gasteiger partial charge in [-0.1, -0.05) is 27.7 Å². The Labute approximate surface area is 173 Å². The molecule has 8 nitrogen and oxygen atoms in total. The fraction of sp³-hybridized carbons (Fsp3) is 0.842. The molecular formula is C19H35N3O5S. The average Bonchev–Trinajstić information content (AvgIpc) is 2.59. The largest absolute Gasteiger partial charge is 0.390 e. The van der Waals surface area contributed by atoms with Gasteiger partial charge in [0.2, 0.25) is 0 Å². The number of hydrogen-bond acceptors (Lipinski definition) is 7. The summed E-state index contributed by atoms with van der Waals surface area (Å²) < 4.78 is 0. The Morgan fingerprint density at radius 3 is 2.43 bits per heavy atom. The van der Waals surface area contributed by atoms with Crippen LogP contribution in [0.25, 0.3) is 10.4 Å². The summed E-state index contributed by atoms with van der Waals surface area (Å²) in [5.41, 5.74) is 7.92. The molecule has 0 saturated carbocycles. The highest BCUT2D eigenvalue weighted by Gasteiger charge is 2.34. The van der Waals surface area contributed by atoms with Crippen molar-refractivity contribution in [1.82, 2.24) is 0 Å². The zero-order valence-electron chi connectivity index (χ0n) is 17.7. The molecule has 0 aromatic carbocycles. The summed E-state index contributed by atoms with van der Waals surface area (Å²) in [6.45, 7) is 11.0. The molecule has 0 spiro atoms. The molecule has 0 bridgehead atoms. The molecule has 6 atom stereocenters. The Bertz CT molecular complexity index is 566. The lowest BCUT2D eigenvalue weighted by molar-refractivity contribution is -0.366. The maximum atomic E-state index is 12.7. The topological polar surface area (TPSA) is 125 Å². The first-order chi connectivity index (χ1) is 13.0. The van der Waals surface area contributed by atoms with Crippen LogP contribution in [0.5, 0.6) is 0 Å². The first kappa shape index (κ1) is 26.8. The molecule has 0 aromatic heterocycles. The van der Waals surface area contributed by atoms with E-state index in [0.29, 0.717) is 24.8 Å². The number of rotatable bonds is 14. The van der Waals surface area contributed by atoms with Gasteiger partial charge >= 0.3 is 0 Å². The van der Waals surface area contributed by atoms with Gasteiger partial charge in [-0.2, -0.15) is 17.5 Å². The predicted octanol–water partition coefficient (Wildman–Crippen LogP) is 4.33. The fourth-order valence-corrected chi connectivity index (χ4v) is 3.86. The zero-order valence-corrected chi connectivity index (χ0v) is 18.6. The maximum absolute atomic E-state index is 12.7. The standard InChI is InChI=1S/C19H35N3O5S/c1-7-16(23)17(24)9-13(3)18(25)14(4)11-19(6,26-27-22-21-20)10-12(2)8-15(5)28/h9,12,14-17,23-24,28H,7-8,10-11H2,1-6H3/b13-9+/t12-,14+,15?,16+,17?,19-/m0/s1. The monoisotopic (exact) mass is 417 g/mol. The molecule has 0 amide bonds. The number of thiol groups is 1. The minimum absolute atomic E-state index is 0.156. The Morgan fingerprint density at radius 2 is 1.93 bits per heavy atom. The summed E-state index contributed by atoms with van der Waals surface area (Å²) in [6, 6.07) is 0. The quantitative estimate of drug-likeness (QED) is 0.0738. The van der Waals surface area contributed by atoms with Gasteiger partial charge in [-0.05, 0) is 67.9 Å². The van der Waals surface area contributed by atoms with Crippen LogP contribution in [0.4, 0.5) is 0 Å². The van der Waals surface area contributed by atoms with Gasteiger partial charge in [0.1, 0.15) is 10.9 Å². The lowest BCUT2D eigenvalue weighted by Crippen LogP contribution is -2.35. The van der Waals surface area contributed by atoms with Crippen molar-refractivity contribution in [2.45, 2.75) is 90.3 Å². The number of Topliss-reactive ketones (excluding diaryl/α,β-unsaturated/α-hetero) is 1. The second-order valence-electron chi connectivity index (χ2n) is 7.96. The summed E-state index contributed by atoms with van der Waals surface area (Å²) in [7, 11) is 0. The highest BCUT2D eigenvalue weighted by Crippen LogP contribution is 2.32. The second-order valence-corrected chi connectivity index (χ2v) is 8.84. The lowest BCUT2D eigenvalue weighted by Gasteiger charge is -2.32. The summed E-state index contributed by atoms with van der Waals surface area (Å²) in [6.07, 6.45) is 1.53. The van der Waals surface area contributed by atoms with Crippen LogP contribution in [-0.4, -0.2) is 39.1 Å². The van der Waals surface area contributed by atoms with Crippen LogP contribution in [0.3, 0.4) is 0 Å². The molecule has 0 radical (unpaired) electrons. The Kier molecular flexibility index (Phi) is 12.5. The van der Waals surface area contributed by atoms with E-state index in [9.17, 15) is 15.0 Å². The van der Waals surface area contributed by atoms with Crippen LogP contribution in [0.1, 0.15) is 67.2 Å². The first-order valence-corrected chi connectivity index (χ1v) is 10.1. The van der Waals surface area contributed by atoms with Crippen molar-refractivity contribution in [3.05, 3.63) is 22.1 Å². The van der Waals surface area contributed by atoms with Gasteiger partial charge in [0.25, 0.3) is 0 Å². The normalized spacial score (nSPS) is 19.5. The van der Waals surface area contributed by atoms with Crippen molar-refractivity contribution < 1.29 is 24.9 Å².